The molecule has 0 unspecified atom stereocenters. The van der Waals surface area contributed by atoms with Crippen LogP contribution in [-0.2, 0) is 0 Å². The van der Waals surface area contributed by atoms with Gasteiger partial charge in [-0.05, 0) is 47.3 Å². The molecule has 0 saturated heterocycles. The van der Waals surface area contributed by atoms with Crippen molar-refractivity contribution in [3.8, 4) is 28.7 Å². The summed E-state index contributed by atoms with van der Waals surface area (Å²) < 4.78 is 17.4. The minimum Gasteiger partial charge on any atom is -0.458 e. The number of hydrogen-bond donors (Lipinski definition) is 0. The molecule has 36 heavy (non-hydrogen) atoms. The number of fused-ring (bicyclic) bond motifs is 7. The van der Waals surface area contributed by atoms with Crippen molar-refractivity contribution in [2.75, 3.05) is 0 Å². The number of hydrogen-bond acceptors (Lipinski definition) is 2. The maximum absolute atomic E-state index is 6.57. The van der Waals surface area contributed by atoms with Crippen molar-refractivity contribution in [1.29, 1.82) is 0 Å². The van der Waals surface area contributed by atoms with Crippen molar-refractivity contribution in [3.05, 3.63) is 106 Å². The first-order valence-electron chi connectivity index (χ1n) is 11.8. The van der Waals surface area contributed by atoms with Crippen LogP contribution in [0.1, 0.15) is 0 Å². The Morgan fingerprint density at radius 3 is 1.58 bits per heavy atom. The predicted octanol–water partition coefficient (Wildman–Crippen LogP) is 7.04. The average molecular weight is 593 g/mol. The third-order valence-corrected chi connectivity index (χ3v) is 8.22. The molecule has 0 radical (unpaired) electrons. The summed E-state index contributed by atoms with van der Waals surface area (Å²) in [6.45, 7) is 0.0379. The summed E-state index contributed by atoms with van der Waals surface area (Å²) in [5, 5.41) is 2.45. The van der Waals surface area contributed by atoms with E-state index in [1.165, 1.54) is 10.8 Å². The van der Waals surface area contributed by atoms with E-state index in [0.717, 1.165) is 65.1 Å². The monoisotopic (exact) mass is 591 g/mol. The second-order valence-electron chi connectivity index (χ2n) is 9.23. The van der Waals surface area contributed by atoms with Crippen LogP contribution < -0.4 is 25.9 Å². The van der Waals surface area contributed by atoms with Crippen LogP contribution in [0.2, 0.25) is 0 Å². The lowest BCUT2D eigenvalue weighted by Crippen LogP contribution is -2.57. The molecule has 0 atom stereocenters. The fourth-order valence-corrected chi connectivity index (χ4v) is 6.44. The minimum atomic E-state index is 0.0379. The first-order chi connectivity index (χ1) is 17.7. The van der Waals surface area contributed by atoms with Gasteiger partial charge in [0.2, 0.25) is 0 Å². The van der Waals surface area contributed by atoms with Gasteiger partial charge in [-0.15, -0.1) is 0 Å². The van der Waals surface area contributed by atoms with Gasteiger partial charge in [-0.1, -0.05) is 80.4 Å². The molecule has 8 rings (SSSR count). The Kier molecular flexibility index (Phi) is 4.32. The standard InChI is InChI=1S/C30H16BBr2NO2/c32-17-9-11-22-26(13-17)35-28-15-19(16-29-30(28)31(22)23-12-10-18(33)14-27(23)36-29)34-24-7-3-1-5-20(24)21-6-2-4-8-25(21)34/h1-16H. The van der Waals surface area contributed by atoms with Gasteiger partial charge in [-0.3, -0.25) is 0 Å². The maximum Gasteiger partial charge on any atom is 0.260 e. The van der Waals surface area contributed by atoms with Crippen LogP contribution in [-0.4, -0.2) is 11.3 Å². The highest BCUT2D eigenvalue weighted by Crippen LogP contribution is 2.40. The Labute approximate surface area is 224 Å². The fourth-order valence-electron chi connectivity index (χ4n) is 5.76. The number of halogens is 2. The molecule has 0 spiro atoms. The van der Waals surface area contributed by atoms with E-state index in [-0.39, 0.29) is 6.71 Å². The van der Waals surface area contributed by atoms with Gasteiger partial charge in [0, 0.05) is 37.3 Å². The van der Waals surface area contributed by atoms with Crippen LogP contribution in [0.4, 0.5) is 0 Å². The zero-order valence-electron chi connectivity index (χ0n) is 18.8. The van der Waals surface area contributed by atoms with Crippen LogP contribution >= 0.6 is 31.9 Å². The topological polar surface area (TPSA) is 23.4 Å². The van der Waals surface area contributed by atoms with Gasteiger partial charge in [0.25, 0.3) is 6.71 Å². The summed E-state index contributed by atoms with van der Waals surface area (Å²) in [6, 6.07) is 33.9. The molecule has 2 aliphatic rings. The summed E-state index contributed by atoms with van der Waals surface area (Å²) >= 11 is 7.25. The molecule has 1 aromatic heterocycles. The van der Waals surface area contributed by atoms with Crippen molar-refractivity contribution >= 4 is 76.8 Å². The highest BCUT2D eigenvalue weighted by molar-refractivity contribution is 9.10. The maximum atomic E-state index is 6.57. The lowest BCUT2D eigenvalue weighted by Gasteiger charge is -2.33. The molecule has 3 heterocycles. The van der Waals surface area contributed by atoms with Crippen LogP contribution in [0.5, 0.6) is 23.0 Å². The van der Waals surface area contributed by atoms with E-state index in [2.05, 4.69) is 133 Å². The van der Waals surface area contributed by atoms with Gasteiger partial charge in [0.15, 0.2) is 0 Å². The van der Waals surface area contributed by atoms with E-state index in [9.17, 15) is 0 Å². The molecule has 170 valence electrons. The van der Waals surface area contributed by atoms with Gasteiger partial charge >= 0.3 is 0 Å². The number of nitrogens with zero attached hydrogens (tertiary/aromatic N) is 1. The van der Waals surface area contributed by atoms with E-state index in [4.69, 9.17) is 9.47 Å². The quantitative estimate of drug-likeness (QED) is 0.191. The number of aromatic nitrogens is 1. The molecule has 0 saturated carbocycles. The Morgan fingerprint density at radius 1 is 0.556 bits per heavy atom. The number of para-hydroxylation sites is 2. The molecule has 0 N–H and O–H groups in total. The third-order valence-electron chi connectivity index (χ3n) is 7.23. The molecule has 0 bridgehead atoms. The molecule has 0 aliphatic carbocycles. The third kappa shape index (κ3) is 2.86. The summed E-state index contributed by atoms with van der Waals surface area (Å²) in [5.41, 5.74) is 6.67. The molecule has 6 aromatic rings. The summed E-state index contributed by atoms with van der Waals surface area (Å²) in [6.07, 6.45) is 0. The largest absolute Gasteiger partial charge is 0.458 e. The van der Waals surface area contributed by atoms with Crippen molar-refractivity contribution < 1.29 is 9.47 Å². The Morgan fingerprint density at radius 2 is 1.06 bits per heavy atom. The van der Waals surface area contributed by atoms with Crippen molar-refractivity contribution in [2.24, 2.45) is 0 Å². The predicted molar refractivity (Wildman–Crippen MR) is 154 cm³/mol. The van der Waals surface area contributed by atoms with Crippen LogP contribution in [0.3, 0.4) is 0 Å². The molecule has 6 heteroatoms. The second kappa shape index (κ2) is 7.51. The summed E-state index contributed by atoms with van der Waals surface area (Å²) in [5.74, 6) is 3.38. The Balaban J connectivity index is 1.44. The van der Waals surface area contributed by atoms with E-state index >= 15 is 0 Å². The van der Waals surface area contributed by atoms with Crippen molar-refractivity contribution in [1.82, 2.24) is 4.57 Å². The fraction of sp³-hybridized carbons (Fsp3) is 0. The number of benzene rings is 5. The molecule has 5 aromatic carbocycles. The Hall–Kier alpha value is -3.48. The van der Waals surface area contributed by atoms with Crippen molar-refractivity contribution in [3.63, 3.8) is 0 Å². The first-order valence-corrected chi connectivity index (χ1v) is 13.4. The van der Waals surface area contributed by atoms with Crippen LogP contribution in [0.25, 0.3) is 27.5 Å². The van der Waals surface area contributed by atoms with E-state index in [1.54, 1.807) is 0 Å². The van der Waals surface area contributed by atoms with Gasteiger partial charge in [0.05, 0.1) is 16.7 Å². The van der Waals surface area contributed by atoms with Crippen LogP contribution in [0.15, 0.2) is 106 Å². The smallest absolute Gasteiger partial charge is 0.260 e. The van der Waals surface area contributed by atoms with Crippen molar-refractivity contribution in [2.45, 2.75) is 0 Å². The van der Waals surface area contributed by atoms with Crippen LogP contribution in [0, 0.1) is 0 Å². The molecule has 3 nitrogen and oxygen atoms in total. The zero-order valence-corrected chi connectivity index (χ0v) is 22.0. The zero-order chi connectivity index (χ0) is 24.0. The summed E-state index contributed by atoms with van der Waals surface area (Å²) in [7, 11) is 0. The number of ether oxygens (including phenoxy) is 2. The second-order valence-corrected chi connectivity index (χ2v) is 11.1. The minimum absolute atomic E-state index is 0.0379. The lowest BCUT2D eigenvalue weighted by molar-refractivity contribution is 0.464. The Bertz CT molecular complexity index is 1760. The molecular weight excluding hydrogens is 577 g/mol. The highest BCUT2D eigenvalue weighted by atomic mass is 79.9. The van der Waals surface area contributed by atoms with Gasteiger partial charge in [0.1, 0.15) is 23.0 Å². The van der Waals surface area contributed by atoms with Gasteiger partial charge in [-0.25, -0.2) is 0 Å². The molecule has 2 aliphatic heterocycles. The first kappa shape index (κ1) is 20.7. The normalized spacial score (nSPS) is 13.1. The average Bonchev–Trinajstić information content (AvgIpc) is 3.22. The highest BCUT2D eigenvalue weighted by Gasteiger charge is 2.40. The molecular formula is C30H16BBr2NO2. The van der Waals surface area contributed by atoms with E-state index in [1.807, 2.05) is 0 Å². The van der Waals surface area contributed by atoms with Gasteiger partial charge < -0.3 is 14.0 Å². The van der Waals surface area contributed by atoms with Gasteiger partial charge in [-0.2, -0.15) is 0 Å². The molecule has 0 amide bonds. The lowest BCUT2D eigenvalue weighted by atomic mass is 9.35. The molecule has 0 fully saturated rings. The van der Waals surface area contributed by atoms with E-state index < -0.39 is 0 Å². The SMILES string of the molecule is Brc1ccc2c(c1)Oc1cc(-n3c4ccccc4c4ccccc43)cc3c1B2c1ccc(Br)cc1O3. The summed E-state index contributed by atoms with van der Waals surface area (Å²) in [4.78, 5) is 0. The number of rotatable bonds is 1. The van der Waals surface area contributed by atoms with E-state index in [0.29, 0.717) is 0 Å².